The summed E-state index contributed by atoms with van der Waals surface area (Å²) in [5.74, 6) is 1.98. The molecule has 0 amide bonds. The topological polar surface area (TPSA) is 59.1 Å². The minimum Gasteiger partial charge on any atom is -0.495 e. The fraction of sp³-hybridized carbons (Fsp3) is 0.368. The molecule has 2 aromatic rings. The molecule has 0 spiro atoms. The van der Waals surface area contributed by atoms with Crippen LogP contribution in [0.3, 0.4) is 0 Å². The Labute approximate surface area is 153 Å². The summed E-state index contributed by atoms with van der Waals surface area (Å²) in [6.07, 6.45) is 10.3. The number of allylic oxidation sites excluding steroid dienone is 1. The normalized spacial score (nSPS) is 13.9. The zero-order valence-electron chi connectivity index (χ0n) is 14.4. The quantitative estimate of drug-likeness (QED) is 0.667. The lowest BCUT2D eigenvalue weighted by Crippen LogP contribution is -2.07. The van der Waals surface area contributed by atoms with Crippen LogP contribution in [0.4, 0.5) is 17.5 Å². The molecule has 0 saturated heterocycles. The zero-order chi connectivity index (χ0) is 17.5. The van der Waals surface area contributed by atoms with Gasteiger partial charge >= 0.3 is 0 Å². The molecular formula is C19H23ClN4O. The third-order valence-corrected chi connectivity index (χ3v) is 4.50. The van der Waals surface area contributed by atoms with E-state index in [-0.39, 0.29) is 0 Å². The highest BCUT2D eigenvalue weighted by molar-refractivity contribution is 6.32. The van der Waals surface area contributed by atoms with Crippen LogP contribution < -0.4 is 15.4 Å². The van der Waals surface area contributed by atoms with Gasteiger partial charge < -0.3 is 15.4 Å². The highest BCUT2D eigenvalue weighted by atomic mass is 35.5. The van der Waals surface area contributed by atoms with E-state index in [1.54, 1.807) is 24.9 Å². The number of nitrogens with one attached hydrogen (secondary N) is 2. The number of ether oxygens (including phenoxy) is 1. The Hall–Kier alpha value is -2.27. The van der Waals surface area contributed by atoms with Crippen LogP contribution in [0.5, 0.6) is 5.75 Å². The predicted molar refractivity (Wildman–Crippen MR) is 103 cm³/mol. The Morgan fingerprint density at radius 2 is 2.16 bits per heavy atom. The van der Waals surface area contributed by atoms with E-state index in [4.69, 9.17) is 16.3 Å². The minimum absolute atomic E-state index is 0.531. The van der Waals surface area contributed by atoms with Crippen molar-refractivity contribution in [1.82, 2.24) is 9.97 Å². The third-order valence-electron chi connectivity index (χ3n) is 4.20. The van der Waals surface area contributed by atoms with E-state index in [0.717, 1.165) is 24.5 Å². The van der Waals surface area contributed by atoms with Crippen LogP contribution in [-0.2, 0) is 0 Å². The summed E-state index contributed by atoms with van der Waals surface area (Å²) in [4.78, 5) is 8.75. The fourth-order valence-corrected chi connectivity index (χ4v) is 3.13. The first-order valence-electron chi connectivity index (χ1n) is 8.60. The van der Waals surface area contributed by atoms with Crippen molar-refractivity contribution < 1.29 is 4.74 Å². The van der Waals surface area contributed by atoms with Crippen molar-refractivity contribution in [3.8, 4) is 5.75 Å². The lowest BCUT2D eigenvalue weighted by molar-refractivity contribution is 0.415. The van der Waals surface area contributed by atoms with Gasteiger partial charge in [-0.3, -0.25) is 0 Å². The van der Waals surface area contributed by atoms with E-state index >= 15 is 0 Å². The lowest BCUT2D eigenvalue weighted by Gasteiger charge is -2.13. The smallest absolute Gasteiger partial charge is 0.229 e. The van der Waals surface area contributed by atoms with Crippen LogP contribution in [0.2, 0.25) is 5.02 Å². The molecule has 0 radical (unpaired) electrons. The Morgan fingerprint density at radius 1 is 1.24 bits per heavy atom. The minimum atomic E-state index is 0.531. The SMILES string of the molecule is COc1ccc(Nc2nccc(NCCC3=CCCCC3)n2)cc1Cl. The number of halogens is 1. The average molecular weight is 359 g/mol. The molecule has 0 aliphatic heterocycles. The Bertz CT molecular complexity index is 748. The molecule has 0 saturated carbocycles. The molecule has 1 aromatic carbocycles. The van der Waals surface area contributed by atoms with Gasteiger partial charge in [-0.2, -0.15) is 4.98 Å². The number of hydrogen-bond acceptors (Lipinski definition) is 5. The lowest BCUT2D eigenvalue weighted by atomic mass is 9.97. The van der Waals surface area contributed by atoms with Crippen molar-refractivity contribution in [2.24, 2.45) is 0 Å². The average Bonchev–Trinajstić information content (AvgIpc) is 2.63. The molecule has 1 aliphatic carbocycles. The second-order valence-corrected chi connectivity index (χ2v) is 6.43. The van der Waals surface area contributed by atoms with Crippen molar-refractivity contribution in [2.45, 2.75) is 32.1 Å². The molecule has 1 aromatic heterocycles. The van der Waals surface area contributed by atoms with Crippen LogP contribution in [0, 0.1) is 0 Å². The molecular weight excluding hydrogens is 336 g/mol. The van der Waals surface area contributed by atoms with Crippen LogP contribution in [-0.4, -0.2) is 23.6 Å². The standard InChI is InChI=1S/C19H23ClN4O/c1-25-17-8-7-15(13-16(17)20)23-19-22-12-10-18(24-19)21-11-9-14-5-3-2-4-6-14/h5,7-8,10,12-13H,2-4,6,9,11H2,1H3,(H2,21,22,23,24). The number of methoxy groups -OCH3 is 1. The van der Waals surface area contributed by atoms with E-state index in [9.17, 15) is 0 Å². The van der Waals surface area contributed by atoms with Gasteiger partial charge in [-0.15, -0.1) is 0 Å². The van der Waals surface area contributed by atoms with Crippen LogP contribution >= 0.6 is 11.6 Å². The number of rotatable bonds is 7. The number of benzene rings is 1. The molecule has 25 heavy (non-hydrogen) atoms. The Balaban J connectivity index is 1.57. The Kier molecular flexibility index (Phi) is 6.12. The molecule has 0 atom stereocenters. The maximum Gasteiger partial charge on any atom is 0.229 e. The van der Waals surface area contributed by atoms with Gasteiger partial charge in [-0.1, -0.05) is 23.3 Å². The highest BCUT2D eigenvalue weighted by Gasteiger charge is 2.06. The summed E-state index contributed by atoms with van der Waals surface area (Å²) < 4.78 is 5.16. The molecule has 0 unspecified atom stereocenters. The summed E-state index contributed by atoms with van der Waals surface area (Å²) >= 11 is 6.15. The molecule has 1 heterocycles. The second kappa shape index (κ2) is 8.72. The first-order valence-corrected chi connectivity index (χ1v) is 8.98. The number of hydrogen-bond donors (Lipinski definition) is 2. The first kappa shape index (κ1) is 17.5. The summed E-state index contributed by atoms with van der Waals surface area (Å²) in [7, 11) is 1.59. The maximum absolute atomic E-state index is 6.15. The summed E-state index contributed by atoms with van der Waals surface area (Å²) in [5.41, 5.74) is 2.37. The van der Waals surface area contributed by atoms with E-state index in [1.165, 1.54) is 25.7 Å². The van der Waals surface area contributed by atoms with E-state index < -0.39 is 0 Å². The third kappa shape index (κ3) is 5.10. The molecule has 132 valence electrons. The summed E-state index contributed by atoms with van der Waals surface area (Å²) in [5, 5.41) is 7.08. The molecule has 5 nitrogen and oxygen atoms in total. The van der Waals surface area contributed by atoms with Crippen molar-refractivity contribution in [2.75, 3.05) is 24.3 Å². The molecule has 2 N–H and O–H groups in total. The molecule has 6 heteroatoms. The molecule has 1 aliphatic rings. The second-order valence-electron chi connectivity index (χ2n) is 6.02. The summed E-state index contributed by atoms with van der Waals surface area (Å²) in [6, 6.07) is 7.36. The van der Waals surface area contributed by atoms with Gasteiger partial charge in [0, 0.05) is 18.4 Å². The van der Waals surface area contributed by atoms with Gasteiger partial charge in [0.15, 0.2) is 0 Å². The van der Waals surface area contributed by atoms with Gasteiger partial charge in [0.1, 0.15) is 11.6 Å². The van der Waals surface area contributed by atoms with Crippen molar-refractivity contribution in [3.05, 3.63) is 47.1 Å². The molecule has 3 rings (SSSR count). The van der Waals surface area contributed by atoms with Crippen LogP contribution in [0.1, 0.15) is 32.1 Å². The van der Waals surface area contributed by atoms with Gasteiger partial charge in [0.05, 0.1) is 12.1 Å². The maximum atomic E-state index is 6.15. The molecule has 0 fully saturated rings. The van der Waals surface area contributed by atoms with E-state index in [1.807, 2.05) is 18.2 Å². The zero-order valence-corrected chi connectivity index (χ0v) is 15.1. The van der Waals surface area contributed by atoms with Crippen molar-refractivity contribution >= 4 is 29.1 Å². The van der Waals surface area contributed by atoms with Gasteiger partial charge in [0.25, 0.3) is 0 Å². The summed E-state index contributed by atoms with van der Waals surface area (Å²) in [6.45, 7) is 0.886. The fourth-order valence-electron chi connectivity index (χ4n) is 2.87. The van der Waals surface area contributed by atoms with E-state index in [2.05, 4.69) is 26.7 Å². The van der Waals surface area contributed by atoms with Gasteiger partial charge in [-0.25, -0.2) is 4.98 Å². The van der Waals surface area contributed by atoms with Crippen molar-refractivity contribution in [1.29, 1.82) is 0 Å². The number of nitrogens with zero attached hydrogens (tertiary/aromatic N) is 2. The predicted octanol–water partition coefficient (Wildman–Crippen LogP) is 5.18. The number of aromatic nitrogens is 2. The molecule has 0 bridgehead atoms. The van der Waals surface area contributed by atoms with Crippen LogP contribution in [0.25, 0.3) is 0 Å². The number of anilines is 3. The Morgan fingerprint density at radius 3 is 2.92 bits per heavy atom. The van der Waals surface area contributed by atoms with Gasteiger partial charge in [0.2, 0.25) is 5.95 Å². The monoisotopic (exact) mass is 358 g/mol. The van der Waals surface area contributed by atoms with E-state index in [0.29, 0.717) is 16.7 Å². The van der Waals surface area contributed by atoms with Gasteiger partial charge in [-0.05, 0) is 56.4 Å². The largest absolute Gasteiger partial charge is 0.495 e. The van der Waals surface area contributed by atoms with Crippen molar-refractivity contribution in [3.63, 3.8) is 0 Å². The first-order chi connectivity index (χ1) is 12.2. The highest BCUT2D eigenvalue weighted by Crippen LogP contribution is 2.28. The van der Waals surface area contributed by atoms with Crippen LogP contribution in [0.15, 0.2) is 42.1 Å².